The molecule has 2 aliphatic heterocycles. The maximum atomic E-state index is 11.6. The van der Waals surface area contributed by atoms with Crippen molar-refractivity contribution in [2.75, 3.05) is 18.1 Å². The molecule has 3 rings (SSSR count). The van der Waals surface area contributed by atoms with Crippen LogP contribution in [0.5, 0.6) is 0 Å². The van der Waals surface area contributed by atoms with Gasteiger partial charge in [-0.3, -0.25) is 4.79 Å². The molecular formula is C13H18N2O5S2. The highest BCUT2D eigenvalue weighted by Gasteiger charge is 2.44. The van der Waals surface area contributed by atoms with E-state index >= 15 is 0 Å². The smallest absolute Gasteiger partial charge is 0.272 e. The fourth-order valence-electron chi connectivity index (χ4n) is 2.56. The zero-order chi connectivity index (χ0) is 15.7. The molecule has 9 heteroatoms. The number of ether oxygens (including phenoxy) is 1. The molecule has 7 nitrogen and oxygen atoms in total. The third kappa shape index (κ3) is 3.06. The lowest BCUT2D eigenvalue weighted by Gasteiger charge is -2.27. The quantitative estimate of drug-likeness (QED) is 0.687. The minimum atomic E-state index is -1.18. The largest absolute Gasteiger partial charge is 0.394 e. The normalized spacial score (nSPS) is 33.2. The van der Waals surface area contributed by atoms with Gasteiger partial charge in [-0.05, 0) is 17.9 Å². The van der Waals surface area contributed by atoms with Gasteiger partial charge in [0.2, 0.25) is 0 Å². The van der Waals surface area contributed by atoms with Crippen LogP contribution < -0.4 is 5.56 Å². The van der Waals surface area contributed by atoms with Gasteiger partial charge in [-0.25, -0.2) is 0 Å². The molecule has 1 aromatic rings. The Labute approximate surface area is 135 Å². The van der Waals surface area contributed by atoms with Crippen LogP contribution in [-0.2, 0) is 4.74 Å². The molecule has 2 fully saturated rings. The highest BCUT2D eigenvalue weighted by molar-refractivity contribution is 8.16. The summed E-state index contributed by atoms with van der Waals surface area (Å²) in [4.78, 5) is 15.7. The van der Waals surface area contributed by atoms with Crippen molar-refractivity contribution >= 4 is 23.5 Å². The number of hydrogen-bond acceptors (Lipinski definition) is 8. The van der Waals surface area contributed by atoms with Crippen LogP contribution in [0.4, 0.5) is 0 Å². The number of aromatic nitrogens is 2. The van der Waals surface area contributed by atoms with Gasteiger partial charge in [0.1, 0.15) is 28.7 Å². The summed E-state index contributed by atoms with van der Waals surface area (Å²) < 4.78 is 7.13. The van der Waals surface area contributed by atoms with E-state index in [1.165, 1.54) is 12.3 Å². The lowest BCUT2D eigenvalue weighted by Crippen LogP contribution is -2.34. The lowest BCUT2D eigenvalue weighted by molar-refractivity contribution is -0.0545. The molecule has 1 aromatic heterocycles. The van der Waals surface area contributed by atoms with E-state index in [4.69, 9.17) is 4.74 Å². The maximum absolute atomic E-state index is 11.6. The van der Waals surface area contributed by atoms with Crippen LogP contribution in [0, 0.1) is 0 Å². The van der Waals surface area contributed by atoms with Crippen LogP contribution in [0.15, 0.2) is 17.1 Å². The predicted octanol–water partition coefficient (Wildman–Crippen LogP) is -0.277. The Morgan fingerprint density at radius 3 is 2.68 bits per heavy atom. The van der Waals surface area contributed by atoms with Gasteiger partial charge in [0.25, 0.3) is 5.56 Å². The van der Waals surface area contributed by atoms with Gasteiger partial charge < -0.3 is 24.6 Å². The Bertz CT molecular complexity index is 578. The molecular weight excluding hydrogens is 328 g/mol. The molecule has 0 bridgehead atoms. The van der Waals surface area contributed by atoms with Gasteiger partial charge in [-0.1, -0.05) is 0 Å². The number of aliphatic hydroxyl groups is 3. The molecule has 22 heavy (non-hydrogen) atoms. The summed E-state index contributed by atoms with van der Waals surface area (Å²) in [7, 11) is 0. The van der Waals surface area contributed by atoms with Crippen LogP contribution in [0.25, 0.3) is 0 Å². The summed E-state index contributed by atoms with van der Waals surface area (Å²) in [5, 5.41) is 29.3. The molecule has 0 unspecified atom stereocenters. The van der Waals surface area contributed by atoms with Crippen molar-refractivity contribution in [2.24, 2.45) is 0 Å². The Kier molecular flexibility index (Phi) is 5.10. The van der Waals surface area contributed by atoms with Crippen molar-refractivity contribution in [1.82, 2.24) is 9.55 Å². The zero-order valence-electron chi connectivity index (χ0n) is 11.7. The first-order chi connectivity index (χ1) is 10.6. The van der Waals surface area contributed by atoms with Crippen molar-refractivity contribution in [3.63, 3.8) is 0 Å². The third-order valence-corrected chi connectivity index (χ3v) is 6.59. The highest BCUT2D eigenvalue weighted by atomic mass is 32.2. The first kappa shape index (κ1) is 16.3. The average Bonchev–Trinajstić information content (AvgIpc) is 2.83. The maximum Gasteiger partial charge on any atom is 0.272 e. The molecule has 0 aromatic carbocycles. The van der Waals surface area contributed by atoms with Crippen molar-refractivity contribution in [2.45, 2.75) is 35.5 Å². The van der Waals surface area contributed by atoms with Gasteiger partial charge in [0.05, 0.1) is 6.61 Å². The second-order valence-corrected chi connectivity index (χ2v) is 7.91. The summed E-state index contributed by atoms with van der Waals surface area (Å²) in [6.45, 7) is -0.384. The summed E-state index contributed by atoms with van der Waals surface area (Å²) in [5.74, 6) is 2.49. The fourth-order valence-corrected chi connectivity index (χ4v) is 5.41. The highest BCUT2D eigenvalue weighted by Crippen LogP contribution is 2.44. The second-order valence-electron chi connectivity index (χ2n) is 5.19. The molecule has 3 N–H and O–H groups in total. The van der Waals surface area contributed by atoms with Crippen molar-refractivity contribution in [1.29, 1.82) is 0 Å². The second kappa shape index (κ2) is 6.90. The van der Waals surface area contributed by atoms with E-state index in [1.807, 2.05) is 0 Å². The van der Waals surface area contributed by atoms with Gasteiger partial charge in [-0.2, -0.15) is 4.98 Å². The van der Waals surface area contributed by atoms with Crippen molar-refractivity contribution < 1.29 is 20.1 Å². The Morgan fingerprint density at radius 1 is 1.32 bits per heavy atom. The number of aliphatic hydroxyl groups excluding tert-OH is 3. The van der Waals surface area contributed by atoms with Gasteiger partial charge in [-0.15, -0.1) is 23.5 Å². The molecule has 2 saturated heterocycles. The molecule has 122 valence electrons. The molecule has 0 spiro atoms. The molecule has 0 radical (unpaired) electrons. The van der Waals surface area contributed by atoms with Crippen LogP contribution in [0.3, 0.4) is 0 Å². The van der Waals surface area contributed by atoms with Crippen LogP contribution in [0.1, 0.15) is 23.1 Å². The number of nitrogens with zero attached hydrogens (tertiary/aromatic N) is 2. The van der Waals surface area contributed by atoms with Crippen LogP contribution >= 0.6 is 23.5 Å². The molecule has 0 aliphatic carbocycles. The van der Waals surface area contributed by atoms with Crippen molar-refractivity contribution in [3.05, 3.63) is 28.4 Å². The van der Waals surface area contributed by atoms with E-state index in [0.717, 1.165) is 17.9 Å². The minimum Gasteiger partial charge on any atom is -0.394 e. The predicted molar refractivity (Wildman–Crippen MR) is 83.8 cm³/mol. The number of hydrogen-bond donors (Lipinski definition) is 3. The molecule has 0 saturated carbocycles. The van der Waals surface area contributed by atoms with Crippen molar-refractivity contribution in [3.8, 4) is 0 Å². The van der Waals surface area contributed by atoms with E-state index in [0.29, 0.717) is 5.82 Å². The lowest BCUT2D eigenvalue weighted by atomic mass is 10.1. The first-order valence-corrected chi connectivity index (χ1v) is 9.16. The SMILES string of the molecule is O=c1ccn([C@@H]2O[C@@H](CO)[C@@H](O)[C@H]2O)c(C2SCCCS2)n1. The standard InChI is InChI=1S/C13H18N2O5S2/c16-6-7-9(18)10(19)12(20-7)15-3-2-8(17)14-11(15)13-21-4-1-5-22-13/h2-3,7,9-10,12-13,16,18-19H,1,4-6H2/t7-,9+,10+,12+/m0/s1. The monoisotopic (exact) mass is 346 g/mol. The van der Waals surface area contributed by atoms with E-state index in [2.05, 4.69) is 4.98 Å². The number of rotatable bonds is 3. The topological polar surface area (TPSA) is 105 Å². The Balaban J connectivity index is 1.94. The van der Waals surface area contributed by atoms with E-state index in [9.17, 15) is 20.1 Å². The minimum absolute atomic E-state index is 0.0104. The zero-order valence-corrected chi connectivity index (χ0v) is 13.4. The van der Waals surface area contributed by atoms with E-state index < -0.39 is 24.5 Å². The molecule has 4 atom stereocenters. The van der Waals surface area contributed by atoms with Gasteiger partial charge in [0, 0.05) is 12.3 Å². The Hall–Kier alpha value is -0.580. The average molecular weight is 346 g/mol. The third-order valence-electron chi connectivity index (χ3n) is 3.70. The van der Waals surface area contributed by atoms with Gasteiger partial charge >= 0.3 is 0 Å². The van der Waals surface area contributed by atoms with E-state index in [-0.39, 0.29) is 16.7 Å². The van der Waals surface area contributed by atoms with Crippen LogP contribution in [0.2, 0.25) is 0 Å². The fraction of sp³-hybridized carbons (Fsp3) is 0.692. The summed E-state index contributed by atoms with van der Waals surface area (Å²) in [6, 6.07) is 1.30. The molecule has 3 heterocycles. The summed E-state index contributed by atoms with van der Waals surface area (Å²) >= 11 is 3.40. The van der Waals surface area contributed by atoms with Gasteiger partial charge in [0.15, 0.2) is 6.23 Å². The first-order valence-electron chi connectivity index (χ1n) is 7.06. The summed E-state index contributed by atoms with van der Waals surface area (Å²) in [5.41, 5.74) is -0.343. The molecule has 2 aliphatic rings. The molecule has 0 amide bonds. The van der Waals surface area contributed by atoms with E-state index in [1.54, 1.807) is 28.1 Å². The Morgan fingerprint density at radius 2 is 2.05 bits per heavy atom. The number of thioether (sulfide) groups is 2. The summed E-state index contributed by atoms with van der Waals surface area (Å²) in [6.07, 6.45) is -1.43. The van der Waals surface area contributed by atoms with Crippen LogP contribution in [-0.4, -0.2) is 61.3 Å².